The molecule has 2 aromatic carbocycles. The molecule has 0 aliphatic carbocycles. The minimum Gasteiger partial charge on any atom is -0.370 e. The van der Waals surface area contributed by atoms with Crippen molar-refractivity contribution in [3.63, 3.8) is 0 Å². The monoisotopic (exact) mass is 391 g/mol. The molecule has 1 aromatic heterocycles. The number of aromatic nitrogens is 1. The quantitative estimate of drug-likeness (QED) is 0.293. The van der Waals surface area contributed by atoms with Gasteiger partial charge >= 0.3 is 10.1 Å². The summed E-state index contributed by atoms with van der Waals surface area (Å²) in [4.78, 5) is 0. The number of nitrogens with zero attached hydrogens (tertiary/aromatic N) is 1. The molecule has 26 heavy (non-hydrogen) atoms. The molecule has 0 amide bonds. The van der Waals surface area contributed by atoms with E-state index in [0.29, 0.717) is 5.56 Å². The molecule has 3 aromatic rings. The van der Waals surface area contributed by atoms with E-state index in [0.717, 1.165) is 6.07 Å². The Morgan fingerprint density at radius 3 is 1.96 bits per heavy atom. The van der Waals surface area contributed by atoms with Crippen molar-refractivity contribution in [3.05, 3.63) is 65.5 Å². The normalized spacial score (nSPS) is 11.6. The van der Waals surface area contributed by atoms with Gasteiger partial charge in [-0.1, -0.05) is 35.5 Å². The highest BCUT2D eigenvalue weighted by Crippen LogP contribution is 2.32. The zero-order chi connectivity index (χ0) is 19.1. The highest BCUT2D eigenvalue weighted by Gasteiger charge is 2.32. The molecule has 0 spiro atoms. The van der Waals surface area contributed by atoms with Crippen molar-refractivity contribution < 1.29 is 39.1 Å². The molecule has 136 valence electrons. The van der Waals surface area contributed by atoms with E-state index in [4.69, 9.17) is 0 Å². The first-order valence-electron chi connectivity index (χ1n) is 6.70. The molecule has 11 heteroatoms. The van der Waals surface area contributed by atoms with Gasteiger partial charge in [0.25, 0.3) is 5.09 Å². The van der Waals surface area contributed by atoms with E-state index in [9.17, 15) is 30.4 Å². The van der Waals surface area contributed by atoms with Crippen LogP contribution in [0.5, 0.6) is 5.75 Å². The van der Waals surface area contributed by atoms with Gasteiger partial charge in [-0.05, 0) is 0 Å². The maximum absolute atomic E-state index is 13.6. The van der Waals surface area contributed by atoms with Crippen molar-refractivity contribution >= 4 is 10.1 Å². The van der Waals surface area contributed by atoms with E-state index < -0.39 is 50.0 Å². The van der Waals surface area contributed by atoms with Crippen LogP contribution in [0.4, 0.5) is 22.0 Å². The molecule has 0 aliphatic heterocycles. The van der Waals surface area contributed by atoms with Gasteiger partial charge in [0.05, 0.1) is 0 Å². The highest BCUT2D eigenvalue weighted by molar-refractivity contribution is 7.87. The Kier molecular flexibility index (Phi) is 4.40. The summed E-state index contributed by atoms with van der Waals surface area (Å²) in [7, 11) is -5.06. The second-order valence-corrected chi connectivity index (χ2v) is 6.31. The predicted octanol–water partition coefficient (Wildman–Crippen LogP) is 3.80. The summed E-state index contributed by atoms with van der Waals surface area (Å²) in [5.74, 6) is -14.0. The maximum Gasteiger partial charge on any atom is 0.376 e. The summed E-state index contributed by atoms with van der Waals surface area (Å²) >= 11 is 0. The fraction of sp³-hybridized carbons (Fsp3) is 0. The van der Waals surface area contributed by atoms with Gasteiger partial charge in [0.15, 0.2) is 0 Å². The van der Waals surface area contributed by atoms with E-state index in [1.165, 1.54) is 0 Å². The Labute approximate surface area is 142 Å². The van der Waals surface area contributed by atoms with Crippen molar-refractivity contribution in [1.29, 1.82) is 0 Å². The van der Waals surface area contributed by atoms with Crippen LogP contribution in [-0.4, -0.2) is 13.6 Å². The summed E-state index contributed by atoms with van der Waals surface area (Å²) < 4.78 is 99.0. The Hall–Kier alpha value is -2.95. The SMILES string of the molecule is O=S(=O)(Oc1c(F)c(F)c(F)c(F)c1F)c1cc(-c2ccccc2)no1. The van der Waals surface area contributed by atoms with Crippen molar-refractivity contribution in [2.45, 2.75) is 5.09 Å². The molecule has 0 N–H and O–H groups in total. The van der Waals surface area contributed by atoms with Gasteiger partial charge in [-0.25, -0.2) is 13.2 Å². The minimum absolute atomic E-state index is 0.0465. The largest absolute Gasteiger partial charge is 0.376 e. The zero-order valence-electron chi connectivity index (χ0n) is 12.3. The van der Waals surface area contributed by atoms with Crippen molar-refractivity contribution in [2.24, 2.45) is 0 Å². The Bertz CT molecular complexity index is 1050. The topological polar surface area (TPSA) is 69.4 Å². The summed E-state index contributed by atoms with van der Waals surface area (Å²) in [6.45, 7) is 0. The first-order valence-corrected chi connectivity index (χ1v) is 8.11. The fourth-order valence-electron chi connectivity index (χ4n) is 1.93. The summed E-state index contributed by atoms with van der Waals surface area (Å²) in [6, 6.07) is 8.95. The van der Waals surface area contributed by atoms with E-state index >= 15 is 0 Å². The Morgan fingerprint density at radius 1 is 0.846 bits per heavy atom. The van der Waals surface area contributed by atoms with Crippen LogP contribution in [0.1, 0.15) is 0 Å². The molecular weight excluding hydrogens is 385 g/mol. The Morgan fingerprint density at radius 2 is 1.38 bits per heavy atom. The fourth-order valence-corrected chi connectivity index (χ4v) is 2.76. The molecule has 0 saturated carbocycles. The van der Waals surface area contributed by atoms with Gasteiger partial charge in [-0.2, -0.15) is 17.2 Å². The van der Waals surface area contributed by atoms with Crippen LogP contribution in [0.3, 0.4) is 0 Å². The Balaban J connectivity index is 2.00. The molecule has 5 nitrogen and oxygen atoms in total. The lowest BCUT2D eigenvalue weighted by Gasteiger charge is -2.08. The lowest BCUT2D eigenvalue weighted by atomic mass is 10.2. The second kappa shape index (κ2) is 6.41. The van der Waals surface area contributed by atoms with Gasteiger partial charge in [-0.3, -0.25) is 0 Å². The third kappa shape index (κ3) is 3.01. The van der Waals surface area contributed by atoms with Gasteiger partial charge in [0.2, 0.25) is 34.8 Å². The van der Waals surface area contributed by atoms with Crippen molar-refractivity contribution in [1.82, 2.24) is 5.16 Å². The zero-order valence-corrected chi connectivity index (χ0v) is 13.2. The summed E-state index contributed by atoms with van der Waals surface area (Å²) in [5, 5.41) is 2.47. The number of hydrogen-bond acceptors (Lipinski definition) is 5. The van der Waals surface area contributed by atoms with Crippen LogP contribution in [-0.2, 0) is 10.1 Å². The number of hydrogen-bond donors (Lipinski definition) is 0. The third-order valence-corrected chi connectivity index (χ3v) is 4.24. The molecule has 0 fully saturated rings. The average Bonchev–Trinajstić information content (AvgIpc) is 3.14. The smallest absolute Gasteiger partial charge is 0.370 e. The van der Waals surface area contributed by atoms with Crippen LogP contribution in [0, 0.1) is 29.1 Å². The maximum atomic E-state index is 13.6. The standard InChI is InChI=1S/C15H6F5NO4S/c16-10-11(17)13(19)15(14(20)12(10)18)25-26(22,23)9-6-8(21-24-9)7-4-2-1-3-5-7/h1-6H. The molecule has 0 aliphatic rings. The van der Waals surface area contributed by atoms with Crippen LogP contribution in [0.25, 0.3) is 11.3 Å². The second-order valence-electron chi connectivity index (χ2n) is 4.83. The van der Waals surface area contributed by atoms with Crippen LogP contribution >= 0.6 is 0 Å². The minimum atomic E-state index is -5.06. The molecule has 3 rings (SSSR count). The lowest BCUT2D eigenvalue weighted by Crippen LogP contribution is -2.14. The van der Waals surface area contributed by atoms with Crippen LogP contribution in [0.15, 0.2) is 46.0 Å². The first kappa shape index (κ1) is 17.9. The highest BCUT2D eigenvalue weighted by atomic mass is 32.2. The van der Waals surface area contributed by atoms with E-state index in [1.807, 2.05) is 0 Å². The molecule has 0 radical (unpaired) electrons. The van der Waals surface area contributed by atoms with Crippen LogP contribution < -0.4 is 4.18 Å². The summed E-state index contributed by atoms with van der Waals surface area (Å²) in [5.41, 5.74) is 0.499. The predicted molar refractivity (Wildman–Crippen MR) is 76.0 cm³/mol. The van der Waals surface area contributed by atoms with Crippen molar-refractivity contribution in [3.8, 4) is 17.0 Å². The number of halogens is 5. The molecule has 0 unspecified atom stereocenters. The van der Waals surface area contributed by atoms with Gasteiger partial charge in [-0.15, -0.1) is 0 Å². The van der Waals surface area contributed by atoms with Gasteiger partial charge in [0, 0.05) is 11.6 Å². The first-order chi connectivity index (χ1) is 12.2. The lowest BCUT2D eigenvalue weighted by molar-refractivity contribution is 0.315. The average molecular weight is 391 g/mol. The molecule has 1 heterocycles. The van der Waals surface area contributed by atoms with Crippen molar-refractivity contribution in [2.75, 3.05) is 0 Å². The van der Waals surface area contributed by atoms with Gasteiger partial charge < -0.3 is 8.71 Å². The van der Waals surface area contributed by atoms with Crippen LogP contribution in [0.2, 0.25) is 0 Å². The van der Waals surface area contributed by atoms with E-state index in [2.05, 4.69) is 13.9 Å². The molecular formula is C15H6F5NO4S. The third-order valence-electron chi connectivity index (χ3n) is 3.17. The molecule has 0 saturated heterocycles. The van der Waals surface area contributed by atoms with E-state index in [1.54, 1.807) is 30.3 Å². The number of rotatable bonds is 4. The molecule has 0 bridgehead atoms. The summed E-state index contributed by atoms with van der Waals surface area (Å²) in [6.07, 6.45) is 0. The van der Waals surface area contributed by atoms with Gasteiger partial charge in [0.1, 0.15) is 5.69 Å². The molecule has 0 atom stereocenters. The van der Waals surface area contributed by atoms with E-state index in [-0.39, 0.29) is 5.69 Å². The number of benzene rings is 2.